The smallest absolute Gasteiger partial charge is 0.332 e. The monoisotopic (exact) mass is 335 g/mol. The first-order valence-corrected chi connectivity index (χ1v) is 6.81. The quantitative estimate of drug-likeness (QED) is 0.794. The topological polar surface area (TPSA) is 53.5 Å². The van der Waals surface area contributed by atoms with E-state index < -0.39 is 30.6 Å². The first kappa shape index (κ1) is 16.5. The van der Waals surface area contributed by atoms with Crippen LogP contribution in [0.3, 0.4) is 0 Å². The van der Waals surface area contributed by atoms with Crippen LogP contribution in [-0.4, -0.2) is 59.0 Å². The number of hydrogen-bond donors (Lipinski definition) is 0. The summed E-state index contributed by atoms with van der Waals surface area (Å²) in [7, 11) is 1.39. The number of nitrogens with zero attached hydrogens (tertiary/aromatic N) is 3. The third-order valence-corrected chi connectivity index (χ3v) is 3.61. The van der Waals surface area contributed by atoms with E-state index in [1.54, 1.807) is 0 Å². The molecule has 1 aromatic heterocycles. The number of hydrogen-bond acceptors (Lipinski definition) is 3. The molecule has 0 bridgehead atoms. The molecule has 1 aliphatic heterocycles. The Bertz CT molecular complexity index is 594. The first-order chi connectivity index (χ1) is 10.2. The number of amides is 2. The maximum atomic E-state index is 12.4. The predicted octanol–water partition coefficient (Wildman–Crippen LogP) is 1.97. The SMILES string of the molecule is CN(C(=O)c1ccnc(Cl)c1)[C@@H]1CCN(CC(F)(F)F)C1=O. The maximum absolute atomic E-state index is 12.4. The summed E-state index contributed by atoms with van der Waals surface area (Å²) in [5, 5.41) is 0.121. The third-order valence-electron chi connectivity index (χ3n) is 3.40. The average Bonchev–Trinajstić information content (AvgIpc) is 2.77. The highest BCUT2D eigenvalue weighted by Crippen LogP contribution is 2.23. The van der Waals surface area contributed by atoms with E-state index in [4.69, 9.17) is 11.6 Å². The van der Waals surface area contributed by atoms with E-state index >= 15 is 0 Å². The van der Waals surface area contributed by atoms with Crippen LogP contribution in [-0.2, 0) is 4.79 Å². The van der Waals surface area contributed by atoms with Gasteiger partial charge in [0.25, 0.3) is 5.91 Å². The van der Waals surface area contributed by atoms with Crippen LogP contribution in [0.15, 0.2) is 18.3 Å². The van der Waals surface area contributed by atoms with Gasteiger partial charge in [-0.25, -0.2) is 4.98 Å². The van der Waals surface area contributed by atoms with Gasteiger partial charge >= 0.3 is 6.18 Å². The summed E-state index contributed by atoms with van der Waals surface area (Å²) in [5.41, 5.74) is 0.226. The Morgan fingerprint density at radius 2 is 2.23 bits per heavy atom. The van der Waals surface area contributed by atoms with Crippen molar-refractivity contribution >= 4 is 23.4 Å². The zero-order chi connectivity index (χ0) is 16.5. The summed E-state index contributed by atoms with van der Waals surface area (Å²) >= 11 is 5.70. The van der Waals surface area contributed by atoms with Gasteiger partial charge in [0, 0.05) is 25.4 Å². The summed E-state index contributed by atoms with van der Waals surface area (Å²) in [5.74, 6) is -1.19. The normalized spacial score (nSPS) is 18.7. The van der Waals surface area contributed by atoms with Gasteiger partial charge in [0.15, 0.2) is 0 Å². The molecular formula is C13H13ClF3N3O2. The predicted molar refractivity (Wildman–Crippen MR) is 72.4 cm³/mol. The number of aromatic nitrogens is 1. The van der Waals surface area contributed by atoms with Gasteiger partial charge in [0.1, 0.15) is 17.7 Å². The highest BCUT2D eigenvalue weighted by molar-refractivity contribution is 6.29. The van der Waals surface area contributed by atoms with E-state index in [9.17, 15) is 22.8 Å². The zero-order valence-electron chi connectivity index (χ0n) is 11.6. The van der Waals surface area contributed by atoms with Gasteiger partial charge < -0.3 is 9.80 Å². The molecule has 1 aromatic rings. The molecule has 0 aromatic carbocycles. The van der Waals surface area contributed by atoms with Crippen LogP contribution in [0.1, 0.15) is 16.8 Å². The summed E-state index contributed by atoms with van der Waals surface area (Å²) < 4.78 is 37.1. The molecule has 0 saturated carbocycles. The fourth-order valence-electron chi connectivity index (χ4n) is 2.34. The second kappa shape index (κ2) is 6.12. The minimum Gasteiger partial charge on any atom is -0.332 e. The molecule has 2 heterocycles. The minimum absolute atomic E-state index is 0.0300. The lowest BCUT2D eigenvalue weighted by molar-refractivity contribution is -0.158. The van der Waals surface area contributed by atoms with E-state index in [2.05, 4.69) is 4.98 Å². The van der Waals surface area contributed by atoms with Crippen molar-refractivity contribution in [3.05, 3.63) is 29.0 Å². The van der Waals surface area contributed by atoms with Gasteiger partial charge in [-0.1, -0.05) is 11.6 Å². The van der Waals surface area contributed by atoms with Gasteiger partial charge in [-0.3, -0.25) is 9.59 Å². The number of pyridine rings is 1. The van der Waals surface area contributed by atoms with Crippen LogP contribution in [0, 0.1) is 0 Å². The number of likely N-dealkylation sites (N-methyl/N-ethyl adjacent to an activating group) is 1. The lowest BCUT2D eigenvalue weighted by Gasteiger charge is -2.24. The molecule has 0 N–H and O–H groups in total. The molecule has 2 rings (SSSR count). The summed E-state index contributed by atoms with van der Waals surface area (Å²) in [6.45, 7) is -1.33. The van der Waals surface area contributed by atoms with Gasteiger partial charge in [0.05, 0.1) is 0 Å². The van der Waals surface area contributed by atoms with Crippen molar-refractivity contribution < 1.29 is 22.8 Å². The largest absolute Gasteiger partial charge is 0.406 e. The van der Waals surface area contributed by atoms with Crippen LogP contribution >= 0.6 is 11.6 Å². The molecule has 22 heavy (non-hydrogen) atoms. The molecule has 0 spiro atoms. The summed E-state index contributed by atoms with van der Waals surface area (Å²) in [4.78, 5) is 29.9. The van der Waals surface area contributed by atoms with Crippen LogP contribution in [0.25, 0.3) is 0 Å². The van der Waals surface area contributed by atoms with Crippen LogP contribution in [0.5, 0.6) is 0 Å². The molecule has 0 unspecified atom stereocenters. The lowest BCUT2D eigenvalue weighted by atomic mass is 10.1. The Kier molecular flexibility index (Phi) is 4.60. The van der Waals surface area contributed by atoms with Crippen molar-refractivity contribution in [3.8, 4) is 0 Å². The highest BCUT2D eigenvalue weighted by atomic mass is 35.5. The maximum Gasteiger partial charge on any atom is 0.406 e. The average molecular weight is 336 g/mol. The molecule has 2 amide bonds. The van der Waals surface area contributed by atoms with Crippen molar-refractivity contribution in [3.63, 3.8) is 0 Å². The van der Waals surface area contributed by atoms with E-state index in [0.29, 0.717) is 4.90 Å². The fourth-order valence-corrected chi connectivity index (χ4v) is 2.51. The van der Waals surface area contributed by atoms with Crippen molar-refractivity contribution in [2.75, 3.05) is 20.1 Å². The summed E-state index contributed by atoms with van der Waals surface area (Å²) in [6, 6.07) is 1.87. The second-order valence-corrected chi connectivity index (χ2v) is 5.35. The molecule has 5 nitrogen and oxygen atoms in total. The first-order valence-electron chi connectivity index (χ1n) is 6.43. The Morgan fingerprint density at radius 3 is 2.82 bits per heavy atom. The number of halogens is 4. The number of rotatable bonds is 3. The van der Waals surface area contributed by atoms with Crippen LogP contribution in [0.2, 0.25) is 5.15 Å². The van der Waals surface area contributed by atoms with Crippen molar-refractivity contribution in [1.29, 1.82) is 0 Å². The lowest BCUT2D eigenvalue weighted by Crippen LogP contribution is -2.44. The van der Waals surface area contributed by atoms with Crippen LogP contribution in [0.4, 0.5) is 13.2 Å². The number of carbonyl (C=O) groups excluding carboxylic acids is 2. The summed E-state index contributed by atoms with van der Waals surface area (Å²) in [6.07, 6.45) is -2.95. The standard InChI is InChI=1S/C13H13ClF3N3O2/c1-19(11(21)8-2-4-18-10(14)6-8)9-3-5-20(12(9)22)7-13(15,16)17/h2,4,6,9H,3,5,7H2,1H3/t9-/m1/s1. The van der Waals surface area contributed by atoms with Gasteiger partial charge in [-0.15, -0.1) is 0 Å². The zero-order valence-corrected chi connectivity index (χ0v) is 12.4. The molecule has 1 saturated heterocycles. The fraction of sp³-hybridized carbons (Fsp3) is 0.462. The van der Waals surface area contributed by atoms with E-state index in [1.165, 1.54) is 25.4 Å². The molecule has 120 valence electrons. The molecule has 0 aliphatic carbocycles. The third kappa shape index (κ3) is 3.68. The minimum atomic E-state index is -4.45. The Labute approximate surface area is 129 Å². The Hall–Kier alpha value is -1.83. The van der Waals surface area contributed by atoms with Gasteiger partial charge in [-0.2, -0.15) is 13.2 Å². The van der Waals surface area contributed by atoms with Crippen LogP contribution < -0.4 is 0 Å². The molecule has 9 heteroatoms. The van der Waals surface area contributed by atoms with Gasteiger partial charge in [-0.05, 0) is 18.6 Å². The molecular weight excluding hydrogens is 323 g/mol. The van der Waals surface area contributed by atoms with Crippen molar-refractivity contribution in [2.24, 2.45) is 0 Å². The molecule has 0 radical (unpaired) electrons. The van der Waals surface area contributed by atoms with Gasteiger partial charge in [0.2, 0.25) is 5.91 Å². The van der Waals surface area contributed by atoms with Crippen molar-refractivity contribution in [1.82, 2.24) is 14.8 Å². The number of alkyl halides is 3. The Balaban J connectivity index is 2.09. The highest BCUT2D eigenvalue weighted by Gasteiger charge is 2.41. The van der Waals surface area contributed by atoms with E-state index in [1.807, 2.05) is 0 Å². The molecule has 1 atom stereocenters. The van der Waals surface area contributed by atoms with E-state index in [-0.39, 0.29) is 23.7 Å². The Morgan fingerprint density at radius 1 is 1.55 bits per heavy atom. The molecule has 1 aliphatic rings. The van der Waals surface area contributed by atoms with Crippen molar-refractivity contribution in [2.45, 2.75) is 18.6 Å². The second-order valence-electron chi connectivity index (χ2n) is 4.96. The van der Waals surface area contributed by atoms with E-state index in [0.717, 1.165) is 4.90 Å². The molecule has 1 fully saturated rings. The number of carbonyl (C=O) groups is 2. The number of likely N-dealkylation sites (tertiary alicyclic amines) is 1.